The zero-order valence-corrected chi connectivity index (χ0v) is 10.8. The van der Waals surface area contributed by atoms with Gasteiger partial charge in [0.15, 0.2) is 23.0 Å². The predicted octanol–water partition coefficient (Wildman–Crippen LogP) is 2.59. The number of aromatic carboxylic acids is 1. The van der Waals surface area contributed by atoms with Gasteiger partial charge in [0.25, 0.3) is 0 Å². The summed E-state index contributed by atoms with van der Waals surface area (Å²) in [6.45, 7) is 0. The number of rotatable bonds is 5. The van der Waals surface area contributed by atoms with Crippen LogP contribution in [0.5, 0.6) is 11.5 Å². The summed E-state index contributed by atoms with van der Waals surface area (Å²) in [5.74, 6) is 0.513. The highest BCUT2D eigenvalue weighted by Crippen LogP contribution is 2.36. The number of methoxy groups -OCH3 is 1. The molecule has 3 rings (SSSR count). The summed E-state index contributed by atoms with van der Waals surface area (Å²) in [4.78, 5) is 10.8. The van der Waals surface area contributed by atoms with Crippen LogP contribution in [0.2, 0.25) is 0 Å². The third-order valence-electron chi connectivity index (χ3n) is 3.00. The van der Waals surface area contributed by atoms with E-state index in [2.05, 4.69) is 5.16 Å². The second-order valence-electron chi connectivity index (χ2n) is 4.56. The van der Waals surface area contributed by atoms with E-state index in [0.717, 1.165) is 12.8 Å². The SMILES string of the molecule is COc1cc(-c2cc(C(=O)O)no2)ccc1OC1CC1. The maximum Gasteiger partial charge on any atom is 0.358 e. The molecule has 0 spiro atoms. The van der Waals surface area contributed by atoms with Crippen molar-refractivity contribution in [1.29, 1.82) is 0 Å². The van der Waals surface area contributed by atoms with Crippen LogP contribution >= 0.6 is 0 Å². The van der Waals surface area contributed by atoms with Gasteiger partial charge in [-0.2, -0.15) is 0 Å². The first-order valence-corrected chi connectivity index (χ1v) is 6.22. The summed E-state index contributed by atoms with van der Waals surface area (Å²) in [6, 6.07) is 6.68. The average Bonchev–Trinajstić information content (AvgIpc) is 3.11. The number of hydrogen-bond donors (Lipinski definition) is 1. The fourth-order valence-electron chi connectivity index (χ4n) is 1.80. The highest BCUT2D eigenvalue weighted by molar-refractivity contribution is 5.86. The van der Waals surface area contributed by atoms with Crippen LogP contribution in [0.1, 0.15) is 23.3 Å². The van der Waals surface area contributed by atoms with Gasteiger partial charge >= 0.3 is 5.97 Å². The fraction of sp³-hybridized carbons (Fsp3) is 0.286. The zero-order chi connectivity index (χ0) is 14.1. The van der Waals surface area contributed by atoms with E-state index in [1.165, 1.54) is 6.07 Å². The third kappa shape index (κ3) is 2.45. The van der Waals surface area contributed by atoms with Gasteiger partial charge in [-0.15, -0.1) is 0 Å². The number of benzene rings is 1. The molecule has 1 aliphatic rings. The van der Waals surface area contributed by atoms with Gasteiger partial charge in [0.1, 0.15) is 0 Å². The lowest BCUT2D eigenvalue weighted by Gasteiger charge is -2.10. The Morgan fingerprint density at radius 1 is 1.35 bits per heavy atom. The highest BCUT2D eigenvalue weighted by atomic mass is 16.5. The van der Waals surface area contributed by atoms with Crippen LogP contribution < -0.4 is 9.47 Å². The van der Waals surface area contributed by atoms with Crippen LogP contribution in [0.25, 0.3) is 11.3 Å². The summed E-state index contributed by atoms with van der Waals surface area (Å²) in [5, 5.41) is 12.3. The Morgan fingerprint density at radius 3 is 2.75 bits per heavy atom. The van der Waals surface area contributed by atoms with Crippen molar-refractivity contribution in [2.75, 3.05) is 7.11 Å². The van der Waals surface area contributed by atoms with E-state index in [4.69, 9.17) is 19.1 Å². The lowest BCUT2D eigenvalue weighted by atomic mass is 10.1. The standard InChI is InChI=1S/C14H13NO5/c1-18-13-6-8(2-5-11(13)19-9-3-4-9)12-7-10(14(16)17)15-20-12/h2,5-7,9H,3-4H2,1H3,(H,16,17). The quantitative estimate of drug-likeness (QED) is 0.903. The Bertz CT molecular complexity index is 645. The smallest absolute Gasteiger partial charge is 0.358 e. The molecular formula is C14H13NO5. The Kier molecular flexibility index (Phi) is 3.06. The fourth-order valence-corrected chi connectivity index (χ4v) is 1.80. The molecule has 0 amide bonds. The monoisotopic (exact) mass is 275 g/mol. The van der Waals surface area contributed by atoms with E-state index < -0.39 is 5.97 Å². The number of nitrogens with zero attached hydrogens (tertiary/aromatic N) is 1. The first-order chi connectivity index (χ1) is 9.67. The maximum atomic E-state index is 10.8. The molecule has 104 valence electrons. The molecule has 1 aromatic carbocycles. The molecule has 1 heterocycles. The van der Waals surface area contributed by atoms with Crippen molar-refractivity contribution in [3.8, 4) is 22.8 Å². The molecule has 0 radical (unpaired) electrons. The molecule has 0 aliphatic heterocycles. The Labute approximate surface area is 114 Å². The molecule has 0 atom stereocenters. The molecular weight excluding hydrogens is 262 g/mol. The van der Waals surface area contributed by atoms with Crippen molar-refractivity contribution in [3.63, 3.8) is 0 Å². The molecule has 1 N–H and O–H groups in total. The first-order valence-electron chi connectivity index (χ1n) is 6.22. The molecule has 6 heteroatoms. The van der Waals surface area contributed by atoms with Gasteiger partial charge in [0, 0.05) is 11.6 Å². The summed E-state index contributed by atoms with van der Waals surface area (Å²) in [7, 11) is 1.56. The molecule has 0 unspecified atom stereocenters. The minimum absolute atomic E-state index is 0.128. The normalized spacial score (nSPS) is 14.1. The third-order valence-corrected chi connectivity index (χ3v) is 3.00. The van der Waals surface area contributed by atoms with E-state index in [1.54, 1.807) is 25.3 Å². The topological polar surface area (TPSA) is 81.8 Å². The Balaban J connectivity index is 1.90. The summed E-state index contributed by atoms with van der Waals surface area (Å²) in [5.41, 5.74) is 0.558. The van der Waals surface area contributed by atoms with Crippen LogP contribution in [-0.2, 0) is 0 Å². The number of hydrogen-bond acceptors (Lipinski definition) is 5. The van der Waals surface area contributed by atoms with Crippen LogP contribution in [0.15, 0.2) is 28.8 Å². The van der Waals surface area contributed by atoms with Crippen molar-refractivity contribution in [2.45, 2.75) is 18.9 Å². The van der Waals surface area contributed by atoms with Gasteiger partial charge in [-0.3, -0.25) is 0 Å². The minimum atomic E-state index is -1.12. The summed E-state index contributed by atoms with van der Waals surface area (Å²) < 4.78 is 16.0. The molecule has 1 aromatic heterocycles. The van der Waals surface area contributed by atoms with Crippen LogP contribution in [-0.4, -0.2) is 29.4 Å². The second-order valence-corrected chi connectivity index (χ2v) is 4.56. The molecule has 0 saturated heterocycles. The van der Waals surface area contributed by atoms with Crippen molar-refractivity contribution in [1.82, 2.24) is 5.16 Å². The molecule has 1 aliphatic carbocycles. The van der Waals surface area contributed by atoms with Gasteiger partial charge in [0.05, 0.1) is 13.2 Å². The van der Waals surface area contributed by atoms with E-state index in [1.807, 2.05) is 0 Å². The Morgan fingerprint density at radius 2 is 2.15 bits per heavy atom. The lowest BCUT2D eigenvalue weighted by Crippen LogP contribution is -1.98. The Hall–Kier alpha value is -2.50. The van der Waals surface area contributed by atoms with Crippen LogP contribution in [0, 0.1) is 0 Å². The zero-order valence-electron chi connectivity index (χ0n) is 10.8. The summed E-state index contributed by atoms with van der Waals surface area (Å²) in [6.07, 6.45) is 2.41. The molecule has 1 saturated carbocycles. The van der Waals surface area contributed by atoms with Gasteiger partial charge in [0.2, 0.25) is 0 Å². The number of carboxylic acid groups (broad SMARTS) is 1. The van der Waals surface area contributed by atoms with Crippen molar-refractivity contribution < 1.29 is 23.9 Å². The predicted molar refractivity (Wildman–Crippen MR) is 69.1 cm³/mol. The van der Waals surface area contributed by atoms with Crippen molar-refractivity contribution in [2.24, 2.45) is 0 Å². The molecule has 2 aromatic rings. The van der Waals surface area contributed by atoms with E-state index >= 15 is 0 Å². The van der Waals surface area contributed by atoms with Gasteiger partial charge in [-0.05, 0) is 31.0 Å². The summed E-state index contributed by atoms with van der Waals surface area (Å²) >= 11 is 0. The van der Waals surface area contributed by atoms with Crippen molar-refractivity contribution in [3.05, 3.63) is 30.0 Å². The maximum absolute atomic E-state index is 10.8. The largest absolute Gasteiger partial charge is 0.493 e. The van der Waals surface area contributed by atoms with E-state index in [0.29, 0.717) is 22.8 Å². The van der Waals surface area contributed by atoms with E-state index in [-0.39, 0.29) is 11.8 Å². The number of aromatic nitrogens is 1. The molecule has 1 fully saturated rings. The van der Waals surface area contributed by atoms with Crippen LogP contribution in [0.4, 0.5) is 0 Å². The minimum Gasteiger partial charge on any atom is -0.493 e. The molecule has 6 nitrogen and oxygen atoms in total. The van der Waals surface area contributed by atoms with Gasteiger partial charge in [-0.25, -0.2) is 4.79 Å². The van der Waals surface area contributed by atoms with Crippen LogP contribution in [0.3, 0.4) is 0 Å². The first kappa shape index (κ1) is 12.5. The molecule has 20 heavy (non-hydrogen) atoms. The van der Waals surface area contributed by atoms with Crippen molar-refractivity contribution >= 4 is 5.97 Å². The lowest BCUT2D eigenvalue weighted by molar-refractivity contribution is 0.0686. The molecule has 0 bridgehead atoms. The van der Waals surface area contributed by atoms with E-state index in [9.17, 15) is 4.79 Å². The second kappa shape index (κ2) is 4.88. The highest BCUT2D eigenvalue weighted by Gasteiger charge is 2.25. The van der Waals surface area contributed by atoms with Gasteiger partial charge < -0.3 is 19.1 Å². The number of ether oxygens (including phenoxy) is 2. The van der Waals surface area contributed by atoms with Gasteiger partial charge in [-0.1, -0.05) is 5.16 Å². The number of carboxylic acids is 1. The number of carbonyl (C=O) groups is 1. The average molecular weight is 275 g/mol.